The highest BCUT2D eigenvalue weighted by Gasteiger charge is 2.31. The van der Waals surface area contributed by atoms with Crippen LogP contribution in [0.2, 0.25) is 0 Å². The van der Waals surface area contributed by atoms with Gasteiger partial charge in [0, 0.05) is 19.9 Å². The van der Waals surface area contributed by atoms with Gasteiger partial charge in [-0.2, -0.15) is 13.2 Å². The van der Waals surface area contributed by atoms with E-state index < -0.39 is 23.0 Å². The first-order chi connectivity index (χ1) is 7.36. The number of halogens is 3. The minimum atomic E-state index is -4.52. The van der Waals surface area contributed by atoms with E-state index >= 15 is 0 Å². The van der Waals surface area contributed by atoms with Gasteiger partial charge in [0.15, 0.2) is 0 Å². The van der Waals surface area contributed by atoms with Gasteiger partial charge in [0.25, 0.3) is 5.56 Å². The van der Waals surface area contributed by atoms with Crippen molar-refractivity contribution in [3.8, 4) is 0 Å². The van der Waals surface area contributed by atoms with Crippen molar-refractivity contribution in [2.45, 2.75) is 12.7 Å². The first-order valence-corrected chi connectivity index (χ1v) is 4.42. The van der Waals surface area contributed by atoms with E-state index in [2.05, 4.69) is 4.74 Å². The van der Waals surface area contributed by atoms with Crippen molar-refractivity contribution in [3.63, 3.8) is 0 Å². The van der Waals surface area contributed by atoms with Gasteiger partial charge >= 0.3 is 6.18 Å². The quantitative estimate of drug-likeness (QED) is 0.854. The zero-order valence-electron chi connectivity index (χ0n) is 8.54. The molecule has 0 aliphatic heterocycles. The zero-order chi connectivity index (χ0) is 12.3. The first kappa shape index (κ1) is 12.6. The number of aromatic nitrogens is 1. The summed E-state index contributed by atoms with van der Waals surface area (Å²) in [5, 5.41) is 0. The van der Waals surface area contributed by atoms with Gasteiger partial charge in [0.1, 0.15) is 0 Å². The molecule has 0 radical (unpaired) electrons. The number of nitrogens with zero attached hydrogens (tertiary/aromatic N) is 1. The zero-order valence-corrected chi connectivity index (χ0v) is 8.54. The van der Waals surface area contributed by atoms with Crippen LogP contribution in [0, 0.1) is 0 Å². The largest absolute Gasteiger partial charge is 0.417 e. The molecule has 0 aliphatic rings. The summed E-state index contributed by atoms with van der Waals surface area (Å²) in [6, 6.07) is 0.631. The maximum atomic E-state index is 12.4. The number of pyridine rings is 1. The normalized spacial score (nSPS) is 11.8. The predicted molar refractivity (Wildman–Crippen MR) is 52.0 cm³/mol. The number of ether oxygens (including phenoxy) is 1. The molecule has 16 heavy (non-hydrogen) atoms. The second-order valence-corrected chi connectivity index (χ2v) is 3.17. The van der Waals surface area contributed by atoms with E-state index in [4.69, 9.17) is 5.73 Å². The number of methoxy groups -OCH3 is 1. The Morgan fingerprint density at radius 2 is 2.12 bits per heavy atom. The standard InChI is InChI=1S/C9H11F3N2O2/c1-16-3-2-14-5-6(9(10,11)12)4-7(13)8(14)15/h4-5H,2-3,13H2,1H3. The minimum Gasteiger partial charge on any atom is -0.394 e. The average Bonchev–Trinajstić information content (AvgIpc) is 2.18. The van der Waals surface area contributed by atoms with Crippen LogP contribution < -0.4 is 11.3 Å². The molecule has 1 heterocycles. The topological polar surface area (TPSA) is 57.2 Å². The van der Waals surface area contributed by atoms with Gasteiger partial charge < -0.3 is 15.0 Å². The summed E-state index contributed by atoms with van der Waals surface area (Å²) in [6.07, 6.45) is -3.78. The fourth-order valence-electron chi connectivity index (χ4n) is 1.17. The third-order valence-corrected chi connectivity index (χ3v) is 1.98. The van der Waals surface area contributed by atoms with Gasteiger partial charge in [0.2, 0.25) is 0 Å². The van der Waals surface area contributed by atoms with Crippen LogP contribution in [-0.2, 0) is 17.5 Å². The van der Waals surface area contributed by atoms with Gasteiger partial charge in [0.05, 0.1) is 17.9 Å². The molecule has 0 saturated carbocycles. The monoisotopic (exact) mass is 236 g/mol. The highest BCUT2D eigenvalue weighted by Crippen LogP contribution is 2.29. The van der Waals surface area contributed by atoms with Crippen LogP contribution >= 0.6 is 0 Å². The molecule has 1 aromatic rings. The lowest BCUT2D eigenvalue weighted by atomic mass is 10.2. The smallest absolute Gasteiger partial charge is 0.394 e. The van der Waals surface area contributed by atoms with E-state index in [0.29, 0.717) is 6.07 Å². The van der Waals surface area contributed by atoms with Crippen LogP contribution in [0.3, 0.4) is 0 Å². The molecule has 1 rings (SSSR count). The molecule has 4 nitrogen and oxygen atoms in total. The van der Waals surface area contributed by atoms with Crippen LogP contribution in [-0.4, -0.2) is 18.3 Å². The van der Waals surface area contributed by atoms with Gasteiger partial charge in [-0.1, -0.05) is 0 Å². The van der Waals surface area contributed by atoms with Crippen molar-refractivity contribution >= 4 is 5.69 Å². The van der Waals surface area contributed by atoms with Crippen LogP contribution in [0.15, 0.2) is 17.1 Å². The molecule has 0 bridgehead atoms. The molecule has 0 atom stereocenters. The lowest BCUT2D eigenvalue weighted by Crippen LogP contribution is -2.26. The van der Waals surface area contributed by atoms with Crippen LogP contribution in [0.25, 0.3) is 0 Å². The SMILES string of the molecule is COCCn1cc(C(F)(F)F)cc(N)c1=O. The molecule has 0 amide bonds. The molecule has 0 saturated heterocycles. The Hall–Kier alpha value is -1.50. The number of hydrogen-bond acceptors (Lipinski definition) is 3. The van der Waals surface area contributed by atoms with E-state index in [-0.39, 0.29) is 13.2 Å². The van der Waals surface area contributed by atoms with Gasteiger partial charge in [-0.25, -0.2) is 0 Å². The summed E-state index contributed by atoms with van der Waals surface area (Å²) in [7, 11) is 1.39. The van der Waals surface area contributed by atoms with E-state index in [1.54, 1.807) is 0 Å². The highest BCUT2D eigenvalue weighted by atomic mass is 19.4. The van der Waals surface area contributed by atoms with Crippen molar-refractivity contribution < 1.29 is 17.9 Å². The van der Waals surface area contributed by atoms with Crippen LogP contribution in [0.4, 0.5) is 18.9 Å². The van der Waals surface area contributed by atoms with Crippen molar-refractivity contribution in [2.24, 2.45) is 0 Å². The molecule has 0 aliphatic carbocycles. The molecule has 0 fully saturated rings. The second-order valence-electron chi connectivity index (χ2n) is 3.17. The molecular weight excluding hydrogens is 225 g/mol. The summed E-state index contributed by atoms with van der Waals surface area (Å²) in [5.41, 5.74) is 3.20. The molecule has 0 spiro atoms. The minimum absolute atomic E-state index is 0.0312. The number of hydrogen-bond donors (Lipinski definition) is 1. The Morgan fingerprint density at radius 3 is 2.62 bits per heavy atom. The summed E-state index contributed by atoms with van der Waals surface area (Å²) >= 11 is 0. The molecule has 90 valence electrons. The summed E-state index contributed by atoms with van der Waals surface area (Å²) in [5.74, 6) is 0. The van der Waals surface area contributed by atoms with Crippen LogP contribution in [0.1, 0.15) is 5.56 Å². The van der Waals surface area contributed by atoms with Crippen LogP contribution in [0.5, 0.6) is 0 Å². The van der Waals surface area contributed by atoms with E-state index in [9.17, 15) is 18.0 Å². The third kappa shape index (κ3) is 2.75. The molecule has 0 unspecified atom stereocenters. The fraction of sp³-hybridized carbons (Fsp3) is 0.444. The number of nitrogen functional groups attached to an aromatic ring is 1. The van der Waals surface area contributed by atoms with Crippen molar-refractivity contribution in [1.82, 2.24) is 4.57 Å². The van der Waals surface area contributed by atoms with Crippen molar-refractivity contribution in [2.75, 3.05) is 19.5 Å². The number of nitrogens with two attached hydrogens (primary N) is 1. The van der Waals surface area contributed by atoms with Crippen molar-refractivity contribution in [1.29, 1.82) is 0 Å². The van der Waals surface area contributed by atoms with Gasteiger partial charge in [-0.15, -0.1) is 0 Å². The Bertz CT molecular complexity index is 426. The average molecular weight is 236 g/mol. The van der Waals surface area contributed by atoms with E-state index in [0.717, 1.165) is 10.8 Å². The summed E-state index contributed by atoms with van der Waals surface area (Å²) < 4.78 is 42.8. The Labute approximate surface area is 89.4 Å². The maximum absolute atomic E-state index is 12.4. The lowest BCUT2D eigenvalue weighted by Gasteiger charge is -2.11. The van der Waals surface area contributed by atoms with E-state index in [1.165, 1.54) is 7.11 Å². The van der Waals surface area contributed by atoms with Crippen molar-refractivity contribution in [3.05, 3.63) is 28.2 Å². The predicted octanol–water partition coefficient (Wildman–Crippen LogP) is 1.10. The number of alkyl halides is 3. The number of anilines is 1. The second kappa shape index (κ2) is 4.56. The number of rotatable bonds is 3. The molecule has 1 aromatic heterocycles. The maximum Gasteiger partial charge on any atom is 0.417 e. The summed E-state index contributed by atoms with van der Waals surface area (Å²) in [6.45, 7) is 0.171. The Morgan fingerprint density at radius 1 is 1.50 bits per heavy atom. The third-order valence-electron chi connectivity index (χ3n) is 1.98. The van der Waals surface area contributed by atoms with Gasteiger partial charge in [-0.3, -0.25) is 4.79 Å². The Balaban J connectivity index is 3.17. The molecule has 7 heteroatoms. The Kier molecular flexibility index (Phi) is 3.58. The van der Waals surface area contributed by atoms with Gasteiger partial charge in [-0.05, 0) is 6.07 Å². The lowest BCUT2D eigenvalue weighted by molar-refractivity contribution is -0.138. The van der Waals surface area contributed by atoms with E-state index in [1.807, 2.05) is 0 Å². The molecule has 0 aromatic carbocycles. The first-order valence-electron chi connectivity index (χ1n) is 4.42. The summed E-state index contributed by atoms with van der Waals surface area (Å²) in [4.78, 5) is 11.4. The fourth-order valence-corrected chi connectivity index (χ4v) is 1.17. The molecular formula is C9H11F3N2O2. The highest BCUT2D eigenvalue weighted by molar-refractivity contribution is 5.38. The molecule has 2 N–H and O–H groups in total.